The molecule has 2 heteroatoms. The SMILES string of the molecule is CC(C)(C)C1(C)CC1.CC(C)(C)C1(C)CC1.CC(C)(C)C1(C)CCC1.CC(C)(C)C1(C)CCCC1.CC(C)(C)C1(C)CCCCC1.CC(C)(C)C12CC(C1)C2.CC(C)(C)C1CC(F)(F)C1.CC(C)(C)C1CC1.CC(C)(C)C1CCCC1.CC(C)(C)C1CCCCC1.CC1CCCC1C(C)(C)C.CC1CCCCC1C(C)(C)C. The third kappa shape index (κ3) is 35.7. The fourth-order valence-corrected chi connectivity index (χ4v) is 20.7. The van der Waals surface area contributed by atoms with Crippen LogP contribution in [0, 0.1) is 151 Å². The van der Waals surface area contributed by atoms with E-state index >= 15 is 0 Å². The molecule has 0 saturated heterocycles. The van der Waals surface area contributed by atoms with Crippen molar-refractivity contribution in [1.29, 1.82) is 0 Å². The van der Waals surface area contributed by atoms with Crippen LogP contribution in [-0.2, 0) is 0 Å². The van der Waals surface area contributed by atoms with Crippen LogP contribution in [0.4, 0.5) is 8.78 Å². The molecule has 0 spiro atoms. The zero-order valence-electron chi connectivity index (χ0n) is 86.0. The van der Waals surface area contributed by atoms with Gasteiger partial charge in [0.1, 0.15) is 0 Å². The van der Waals surface area contributed by atoms with Crippen molar-refractivity contribution in [3.8, 4) is 0 Å². The second kappa shape index (κ2) is 41.4. The zero-order chi connectivity index (χ0) is 87.3. The molecule has 112 heavy (non-hydrogen) atoms. The van der Waals surface area contributed by atoms with Crippen molar-refractivity contribution >= 4 is 0 Å². The maximum absolute atomic E-state index is 12.3. The first kappa shape index (κ1) is 108. The van der Waals surface area contributed by atoms with E-state index in [1.54, 1.807) is 0 Å². The van der Waals surface area contributed by atoms with Gasteiger partial charge in [-0.2, -0.15) is 0 Å². The molecule has 14 saturated carbocycles. The summed E-state index contributed by atoms with van der Waals surface area (Å²) >= 11 is 0. The van der Waals surface area contributed by atoms with E-state index < -0.39 is 5.92 Å². The summed E-state index contributed by atoms with van der Waals surface area (Å²) in [5, 5.41) is 0. The summed E-state index contributed by atoms with van der Waals surface area (Å²) in [5.74, 6) is 5.96. The molecule has 0 amide bonds. The van der Waals surface area contributed by atoms with Crippen LogP contribution in [0.1, 0.15) is 548 Å². The minimum atomic E-state index is -2.35. The standard InChI is InChI=1S/2C11H22.3C10H20.C9H16.2C9H18.C8H14F2.2C8H16.C7H14/c1-10(2,3)11(4)8-6-5-7-9-11;1-9-7-5-6-8-10(9)11(2,3)4;1-9(2,3)10(4)7-5-6-8-10;1-8-6-5-7-9(8)10(2,3)4;1-10(2,3)9-7-5-4-6-8-9;1-8(2,3)9-4-7(5-9)6-9;1-8(2,3)9(4)6-5-7-9;1-9(2,3)8-6-4-5-7-8;1-7(2,3)6-4-8(9,10)5-6;2*1-7(2,3)8(4)5-6-8;1-7(2,3)6-4-5-6/h5-9H2,1-4H3;9-10H,5-8H2,1-4H3;5-8H2,1-4H3;8-9H,5-7H2,1-4H3;9H,4-8H2,1-3H3;7H,4-6H2,1-3H3;5-7H2,1-4H3;8H,4-7H2,1-3H3;6H,4-5H2,1-3H3;2*5-6H2,1-4H3;6H,4-5H2,1-3H3. The maximum atomic E-state index is 12.3. The first-order valence-corrected chi connectivity index (χ1v) is 49.4. The van der Waals surface area contributed by atoms with Gasteiger partial charge in [0.2, 0.25) is 5.92 Å². The van der Waals surface area contributed by atoms with Crippen molar-refractivity contribution in [2.24, 2.45) is 151 Å². The summed E-state index contributed by atoms with van der Waals surface area (Å²) in [6.45, 7) is 101. The van der Waals surface area contributed by atoms with Gasteiger partial charge < -0.3 is 0 Å². The quantitative estimate of drug-likeness (QED) is 0.227. The van der Waals surface area contributed by atoms with Gasteiger partial charge in [-0.05, 0) is 286 Å². The molecule has 0 aromatic carbocycles. The smallest absolute Gasteiger partial charge is 0.207 e. The van der Waals surface area contributed by atoms with Crippen LogP contribution in [0.25, 0.3) is 0 Å². The molecular formula is C110H216F2. The summed E-state index contributed by atoms with van der Waals surface area (Å²) < 4.78 is 24.6. The monoisotopic (exact) mass is 1580 g/mol. The zero-order valence-corrected chi connectivity index (χ0v) is 86.0. The summed E-state index contributed by atoms with van der Waals surface area (Å²) in [6, 6.07) is 0. The molecule has 0 aromatic rings. The molecule has 4 atom stereocenters. The lowest BCUT2D eigenvalue weighted by atomic mass is 9.37. The first-order chi connectivity index (χ1) is 50.0. The molecular weight excluding hydrogens is 1360 g/mol. The molecule has 4 unspecified atom stereocenters. The van der Waals surface area contributed by atoms with E-state index in [2.05, 4.69) is 277 Å². The van der Waals surface area contributed by atoms with Gasteiger partial charge in [-0.25, -0.2) is 8.78 Å². The van der Waals surface area contributed by atoms with Gasteiger partial charge in [0.15, 0.2) is 0 Å². The number of hydrogen-bond acceptors (Lipinski definition) is 0. The van der Waals surface area contributed by atoms with Gasteiger partial charge in [0.05, 0.1) is 0 Å². The number of rotatable bonds is 0. The van der Waals surface area contributed by atoms with Crippen LogP contribution in [0.2, 0.25) is 0 Å². The molecule has 670 valence electrons. The number of hydrogen-bond donors (Lipinski definition) is 0. The van der Waals surface area contributed by atoms with Crippen LogP contribution in [-0.4, -0.2) is 5.92 Å². The van der Waals surface area contributed by atoms with E-state index in [4.69, 9.17) is 0 Å². The summed E-state index contributed by atoms with van der Waals surface area (Å²) in [7, 11) is 0. The van der Waals surface area contributed by atoms with Gasteiger partial charge in [0.25, 0.3) is 0 Å². The van der Waals surface area contributed by atoms with Gasteiger partial charge in [-0.3, -0.25) is 0 Å². The molecule has 0 heterocycles. The Morgan fingerprint density at radius 1 is 0.205 bits per heavy atom. The van der Waals surface area contributed by atoms with Crippen LogP contribution < -0.4 is 0 Å². The van der Waals surface area contributed by atoms with Crippen molar-refractivity contribution in [2.45, 2.75) is 554 Å². The van der Waals surface area contributed by atoms with E-state index in [0.29, 0.717) is 86.6 Å². The van der Waals surface area contributed by atoms with Crippen molar-refractivity contribution in [3.63, 3.8) is 0 Å². The van der Waals surface area contributed by atoms with Crippen molar-refractivity contribution < 1.29 is 8.78 Å². The highest BCUT2D eigenvalue weighted by Gasteiger charge is 2.62. The fraction of sp³-hybridized carbons (Fsp3) is 1.00. The van der Waals surface area contributed by atoms with E-state index in [9.17, 15) is 8.78 Å². The predicted octanol–water partition coefficient (Wildman–Crippen LogP) is 39.0. The molecule has 14 fully saturated rings. The van der Waals surface area contributed by atoms with Crippen molar-refractivity contribution in [3.05, 3.63) is 0 Å². The van der Waals surface area contributed by atoms with Crippen LogP contribution in [0.5, 0.6) is 0 Å². The fourth-order valence-electron chi connectivity index (χ4n) is 20.7. The maximum Gasteiger partial charge on any atom is 0.248 e. The Balaban J connectivity index is 0.000000415. The molecule has 0 radical (unpaired) electrons. The molecule has 0 N–H and O–H groups in total. The summed E-state index contributed by atoms with van der Waals surface area (Å²) in [5.41, 5.74) is 10.3. The van der Waals surface area contributed by atoms with Gasteiger partial charge >= 0.3 is 0 Å². The topological polar surface area (TPSA) is 0 Å². The van der Waals surface area contributed by atoms with Gasteiger partial charge in [-0.1, -0.05) is 400 Å². The number of halogens is 2. The Kier molecular flexibility index (Phi) is 39.9. The van der Waals surface area contributed by atoms with E-state index in [1.807, 2.05) is 20.8 Å². The molecule has 0 aliphatic heterocycles. The Bertz CT molecular complexity index is 2460. The second-order valence-electron chi connectivity index (χ2n) is 55.8. The van der Waals surface area contributed by atoms with Crippen molar-refractivity contribution in [1.82, 2.24) is 0 Å². The van der Waals surface area contributed by atoms with Crippen LogP contribution >= 0.6 is 0 Å². The van der Waals surface area contributed by atoms with Crippen molar-refractivity contribution in [2.75, 3.05) is 0 Å². The molecule has 14 rings (SSSR count). The predicted molar refractivity (Wildman–Crippen MR) is 504 cm³/mol. The lowest BCUT2D eigenvalue weighted by Crippen LogP contribution is -2.58. The largest absolute Gasteiger partial charge is 0.248 e. The average molecular weight is 1580 g/mol. The normalized spacial score (nSPS) is 28.3. The Morgan fingerprint density at radius 3 is 0.554 bits per heavy atom. The molecule has 14 aliphatic carbocycles. The van der Waals surface area contributed by atoms with E-state index in [0.717, 1.165) is 52.8 Å². The third-order valence-electron chi connectivity index (χ3n) is 35.5. The summed E-state index contributed by atoms with van der Waals surface area (Å²) in [6.07, 6.45) is 54.4. The Labute approximate surface area is 709 Å². The Hall–Kier alpha value is -0.140. The van der Waals surface area contributed by atoms with E-state index in [-0.39, 0.29) is 24.2 Å². The minimum Gasteiger partial charge on any atom is -0.207 e. The second-order valence-corrected chi connectivity index (χ2v) is 55.8. The van der Waals surface area contributed by atoms with Crippen LogP contribution in [0.3, 0.4) is 0 Å². The highest BCUT2D eigenvalue weighted by atomic mass is 19.3. The lowest BCUT2D eigenvalue weighted by molar-refractivity contribution is -0.181. The molecule has 0 aromatic heterocycles. The highest BCUT2D eigenvalue weighted by molar-refractivity contribution is 5.12. The molecule has 2 bridgehead atoms. The first-order valence-electron chi connectivity index (χ1n) is 49.4. The van der Waals surface area contributed by atoms with Crippen LogP contribution in [0.15, 0.2) is 0 Å². The lowest BCUT2D eigenvalue weighted by Gasteiger charge is -2.68. The highest BCUT2D eigenvalue weighted by Crippen LogP contribution is 2.72. The summed E-state index contributed by atoms with van der Waals surface area (Å²) in [4.78, 5) is 0. The van der Waals surface area contributed by atoms with E-state index in [1.165, 1.54) is 238 Å². The Morgan fingerprint density at radius 2 is 0.429 bits per heavy atom. The average Bonchev–Trinajstić information content (AvgIpc) is 1.32. The third-order valence-corrected chi connectivity index (χ3v) is 35.5. The van der Waals surface area contributed by atoms with Gasteiger partial charge in [-0.15, -0.1) is 0 Å². The molecule has 0 nitrogen and oxygen atoms in total. The number of alkyl halides is 2. The molecule has 14 aliphatic rings. The van der Waals surface area contributed by atoms with Gasteiger partial charge in [0, 0.05) is 12.8 Å². The minimum absolute atomic E-state index is 0.0711.